The van der Waals surface area contributed by atoms with Gasteiger partial charge in [0, 0.05) is 60.4 Å². The molecule has 0 unspecified atom stereocenters. The number of ether oxygens (including phenoxy) is 1. The van der Waals surface area contributed by atoms with Crippen LogP contribution in [0.25, 0.3) is 10.9 Å². The standard InChI is InChI=1S/C29H37F2N3O2/c1-4-20-15-33(16-20)11-12-36-21-9-10-23(25(30)14-21)28-27-24(22-7-5-6-8-26(22)32-27)13-19(2)34(28)17-29(3,31)18-35/h5-10,14,19-20,28,32,35H,4,11-13,15-18H2,1-3H3/t19-,28-,29-/m1/s1. The number of H-pyrrole nitrogens is 1. The molecule has 0 amide bonds. The van der Waals surface area contributed by atoms with Crippen LogP contribution in [0.5, 0.6) is 5.75 Å². The topological polar surface area (TPSA) is 51.7 Å². The molecule has 2 aliphatic rings. The summed E-state index contributed by atoms with van der Waals surface area (Å²) in [4.78, 5) is 7.83. The van der Waals surface area contributed by atoms with Gasteiger partial charge in [0.2, 0.25) is 0 Å². The maximum atomic E-state index is 15.7. The van der Waals surface area contributed by atoms with Crippen molar-refractivity contribution in [2.75, 3.05) is 39.4 Å². The zero-order chi connectivity index (χ0) is 25.4. The first kappa shape index (κ1) is 25.2. The molecule has 2 N–H and O–H groups in total. The maximum absolute atomic E-state index is 15.7. The third-order valence-electron chi connectivity index (χ3n) is 7.91. The van der Waals surface area contributed by atoms with Gasteiger partial charge in [0.25, 0.3) is 0 Å². The van der Waals surface area contributed by atoms with Crippen LogP contribution in [-0.2, 0) is 6.42 Å². The number of aliphatic hydroxyl groups is 1. The Bertz CT molecular complexity index is 1200. The SMILES string of the molecule is CCC1CN(CCOc2ccc([C@@H]3c4[nH]c5ccccc5c4C[C@@H](C)N3C[C@@](C)(F)CO)c(F)c2)C1. The lowest BCUT2D eigenvalue weighted by atomic mass is 9.87. The monoisotopic (exact) mass is 497 g/mol. The van der Waals surface area contributed by atoms with Crippen LogP contribution >= 0.6 is 0 Å². The molecular weight excluding hydrogens is 460 g/mol. The van der Waals surface area contributed by atoms with Crippen molar-refractivity contribution in [3.63, 3.8) is 0 Å². The van der Waals surface area contributed by atoms with Crippen molar-refractivity contribution in [3.8, 4) is 5.75 Å². The summed E-state index contributed by atoms with van der Waals surface area (Å²) in [5, 5.41) is 10.8. The Morgan fingerprint density at radius 2 is 1.97 bits per heavy atom. The Morgan fingerprint density at radius 3 is 2.69 bits per heavy atom. The van der Waals surface area contributed by atoms with Crippen LogP contribution in [0.15, 0.2) is 42.5 Å². The first-order valence-electron chi connectivity index (χ1n) is 13.1. The summed E-state index contributed by atoms with van der Waals surface area (Å²) in [6.45, 7) is 8.63. The molecule has 3 aromatic rings. The number of aromatic nitrogens is 1. The highest BCUT2D eigenvalue weighted by atomic mass is 19.1. The van der Waals surface area contributed by atoms with E-state index in [4.69, 9.17) is 4.74 Å². The molecule has 1 saturated heterocycles. The number of rotatable bonds is 9. The van der Waals surface area contributed by atoms with E-state index in [1.165, 1.54) is 19.4 Å². The zero-order valence-corrected chi connectivity index (χ0v) is 21.4. The summed E-state index contributed by atoms with van der Waals surface area (Å²) in [7, 11) is 0. The molecule has 2 aliphatic heterocycles. The van der Waals surface area contributed by atoms with Gasteiger partial charge >= 0.3 is 0 Å². The second-order valence-corrected chi connectivity index (χ2v) is 10.8. The number of nitrogens with one attached hydrogen (secondary N) is 1. The lowest BCUT2D eigenvalue weighted by molar-refractivity contribution is 0.0169. The predicted molar refractivity (Wildman–Crippen MR) is 139 cm³/mol. The number of aliphatic hydroxyl groups excluding tert-OH is 1. The van der Waals surface area contributed by atoms with Gasteiger partial charge in [-0.1, -0.05) is 37.6 Å². The van der Waals surface area contributed by atoms with Crippen LogP contribution in [0.2, 0.25) is 0 Å². The number of halogens is 2. The largest absolute Gasteiger partial charge is 0.492 e. The quantitative estimate of drug-likeness (QED) is 0.433. The van der Waals surface area contributed by atoms with Crippen molar-refractivity contribution >= 4 is 10.9 Å². The van der Waals surface area contributed by atoms with Gasteiger partial charge in [-0.2, -0.15) is 0 Å². The van der Waals surface area contributed by atoms with Gasteiger partial charge in [-0.25, -0.2) is 8.78 Å². The average Bonchev–Trinajstić information content (AvgIpc) is 3.19. The first-order valence-corrected chi connectivity index (χ1v) is 13.1. The molecule has 1 aromatic heterocycles. The van der Waals surface area contributed by atoms with Crippen LogP contribution in [0, 0.1) is 11.7 Å². The van der Waals surface area contributed by atoms with E-state index in [9.17, 15) is 5.11 Å². The van der Waals surface area contributed by atoms with Crippen molar-refractivity contribution in [3.05, 3.63) is 65.1 Å². The number of fused-ring (bicyclic) bond motifs is 3. The second kappa shape index (κ2) is 10.1. The number of benzene rings is 2. The van der Waals surface area contributed by atoms with E-state index in [0.717, 1.165) is 54.1 Å². The molecule has 0 aliphatic carbocycles. The van der Waals surface area contributed by atoms with E-state index in [-0.39, 0.29) is 18.4 Å². The van der Waals surface area contributed by atoms with Gasteiger partial charge in [-0.05, 0) is 43.9 Å². The van der Waals surface area contributed by atoms with E-state index in [1.54, 1.807) is 6.07 Å². The summed E-state index contributed by atoms with van der Waals surface area (Å²) in [5.74, 6) is 0.914. The number of aromatic amines is 1. The summed E-state index contributed by atoms with van der Waals surface area (Å²) in [6.07, 6.45) is 1.92. The average molecular weight is 498 g/mol. The molecule has 0 spiro atoms. The highest BCUT2D eigenvalue weighted by molar-refractivity contribution is 5.85. The summed E-state index contributed by atoms with van der Waals surface area (Å²) < 4.78 is 36.6. The molecule has 0 bridgehead atoms. The van der Waals surface area contributed by atoms with E-state index in [2.05, 4.69) is 22.9 Å². The normalized spacial score (nSPS) is 22.8. The molecule has 0 radical (unpaired) electrons. The number of hydrogen-bond donors (Lipinski definition) is 2. The molecule has 5 nitrogen and oxygen atoms in total. The fourth-order valence-corrected chi connectivity index (χ4v) is 5.75. The van der Waals surface area contributed by atoms with Gasteiger partial charge in [0.15, 0.2) is 0 Å². The molecule has 7 heteroatoms. The molecule has 194 valence electrons. The second-order valence-electron chi connectivity index (χ2n) is 10.8. The van der Waals surface area contributed by atoms with Gasteiger partial charge in [-0.3, -0.25) is 9.80 Å². The fraction of sp³-hybridized carbons (Fsp3) is 0.517. The fourth-order valence-electron chi connectivity index (χ4n) is 5.75. The van der Waals surface area contributed by atoms with Crippen molar-refractivity contribution in [2.45, 2.75) is 51.4 Å². The molecule has 1 fully saturated rings. The number of likely N-dealkylation sites (tertiary alicyclic amines) is 1. The van der Waals surface area contributed by atoms with Crippen LogP contribution in [0.4, 0.5) is 8.78 Å². The van der Waals surface area contributed by atoms with E-state index >= 15 is 8.78 Å². The number of nitrogens with zero attached hydrogens (tertiary/aromatic N) is 2. The summed E-state index contributed by atoms with van der Waals surface area (Å²) in [6, 6.07) is 12.5. The van der Waals surface area contributed by atoms with E-state index in [0.29, 0.717) is 17.9 Å². The van der Waals surface area contributed by atoms with Gasteiger partial charge in [0.05, 0.1) is 12.6 Å². The maximum Gasteiger partial charge on any atom is 0.143 e. The number of alkyl halides is 1. The van der Waals surface area contributed by atoms with Crippen LogP contribution in [-0.4, -0.2) is 71.0 Å². The summed E-state index contributed by atoms with van der Waals surface area (Å²) >= 11 is 0. The van der Waals surface area contributed by atoms with Gasteiger partial charge in [0.1, 0.15) is 23.8 Å². The minimum atomic E-state index is -1.80. The summed E-state index contributed by atoms with van der Waals surface area (Å²) in [5.41, 5.74) is 1.69. The van der Waals surface area contributed by atoms with Crippen LogP contribution < -0.4 is 4.74 Å². The molecule has 3 atom stereocenters. The van der Waals surface area contributed by atoms with E-state index < -0.39 is 18.3 Å². The van der Waals surface area contributed by atoms with Gasteiger partial charge in [-0.15, -0.1) is 0 Å². The lowest BCUT2D eigenvalue weighted by Crippen LogP contribution is -2.49. The predicted octanol–water partition coefficient (Wildman–Crippen LogP) is 5.08. The molecular formula is C29H37F2N3O2. The van der Waals surface area contributed by atoms with Crippen LogP contribution in [0.1, 0.15) is 50.1 Å². The van der Waals surface area contributed by atoms with E-state index in [1.807, 2.05) is 36.1 Å². The lowest BCUT2D eigenvalue weighted by Gasteiger charge is -2.43. The third kappa shape index (κ3) is 4.89. The molecule has 36 heavy (non-hydrogen) atoms. The number of para-hydroxylation sites is 1. The smallest absolute Gasteiger partial charge is 0.143 e. The zero-order valence-electron chi connectivity index (χ0n) is 21.4. The Kier molecular flexibility index (Phi) is 7.07. The highest BCUT2D eigenvalue weighted by Crippen LogP contribution is 2.42. The molecule has 2 aromatic carbocycles. The van der Waals surface area contributed by atoms with Crippen molar-refractivity contribution < 1.29 is 18.6 Å². The Labute approximate surface area is 212 Å². The van der Waals surface area contributed by atoms with Crippen molar-refractivity contribution in [1.29, 1.82) is 0 Å². The molecule has 0 saturated carbocycles. The number of hydrogen-bond acceptors (Lipinski definition) is 4. The Balaban J connectivity index is 1.43. The first-order chi connectivity index (χ1) is 17.3. The minimum absolute atomic E-state index is 0.00355. The molecule has 5 rings (SSSR count). The highest BCUT2D eigenvalue weighted by Gasteiger charge is 2.40. The Hall–Kier alpha value is -2.48. The molecule has 3 heterocycles. The van der Waals surface area contributed by atoms with Gasteiger partial charge < -0.3 is 14.8 Å². The Morgan fingerprint density at radius 1 is 1.19 bits per heavy atom. The van der Waals surface area contributed by atoms with Crippen LogP contribution in [0.3, 0.4) is 0 Å². The van der Waals surface area contributed by atoms with Crippen molar-refractivity contribution in [1.82, 2.24) is 14.8 Å². The van der Waals surface area contributed by atoms with Crippen molar-refractivity contribution in [2.24, 2.45) is 5.92 Å². The third-order valence-corrected chi connectivity index (χ3v) is 7.91. The minimum Gasteiger partial charge on any atom is -0.492 e.